The van der Waals surface area contributed by atoms with Crippen LogP contribution in [0.5, 0.6) is 5.75 Å². The highest BCUT2D eigenvalue weighted by atomic mass is 16.5. The van der Waals surface area contributed by atoms with Crippen LogP contribution in [-0.2, 0) is 20.7 Å². The smallest absolute Gasteiger partial charge is 0.305 e. The number of carbonyl (C=O) groups is 2. The second kappa shape index (κ2) is 9.13. The third-order valence-electron chi connectivity index (χ3n) is 3.83. The van der Waals surface area contributed by atoms with Gasteiger partial charge in [-0.05, 0) is 31.2 Å². The minimum Gasteiger partial charge on any atom is -0.497 e. The number of carbonyl (C=O) groups excluding carboxylic acids is 1. The van der Waals surface area contributed by atoms with Crippen molar-refractivity contribution < 1.29 is 28.7 Å². The van der Waals surface area contributed by atoms with E-state index >= 15 is 0 Å². The SMILES string of the molecule is COCC(C)(CC(=O)O)NC(=O)CCc1nc(-c2ccc(OC)cc2)no1. The van der Waals surface area contributed by atoms with Crippen molar-refractivity contribution in [1.29, 1.82) is 0 Å². The van der Waals surface area contributed by atoms with Crippen LogP contribution >= 0.6 is 0 Å². The Hall–Kier alpha value is -2.94. The predicted octanol–water partition coefficient (Wildman–Crippen LogP) is 1.67. The van der Waals surface area contributed by atoms with Gasteiger partial charge < -0.3 is 24.4 Å². The van der Waals surface area contributed by atoms with Crippen LogP contribution in [0.2, 0.25) is 0 Å². The van der Waals surface area contributed by atoms with Gasteiger partial charge in [-0.3, -0.25) is 9.59 Å². The molecule has 1 unspecified atom stereocenters. The fourth-order valence-electron chi connectivity index (χ4n) is 2.62. The standard InChI is InChI=1S/C18H23N3O6/c1-18(11-25-2,10-16(23)24)20-14(22)8-9-15-19-17(21-27-15)12-4-6-13(26-3)7-5-12/h4-7H,8-11H2,1-3H3,(H,20,22)(H,23,24). The summed E-state index contributed by atoms with van der Waals surface area (Å²) in [5.74, 6) is 0.126. The van der Waals surface area contributed by atoms with E-state index in [-0.39, 0.29) is 31.8 Å². The van der Waals surface area contributed by atoms with E-state index < -0.39 is 11.5 Å². The molecule has 1 aromatic heterocycles. The number of aliphatic carboxylic acids is 1. The number of nitrogens with zero attached hydrogens (tertiary/aromatic N) is 2. The first-order valence-electron chi connectivity index (χ1n) is 8.34. The molecule has 0 bridgehead atoms. The van der Waals surface area contributed by atoms with Crippen molar-refractivity contribution in [2.24, 2.45) is 0 Å². The third-order valence-corrected chi connectivity index (χ3v) is 3.83. The number of methoxy groups -OCH3 is 2. The summed E-state index contributed by atoms with van der Waals surface area (Å²) in [6.07, 6.45) is 0.0864. The van der Waals surface area contributed by atoms with Crippen LogP contribution in [0.1, 0.15) is 25.7 Å². The molecule has 0 aliphatic rings. The zero-order valence-corrected chi connectivity index (χ0v) is 15.5. The van der Waals surface area contributed by atoms with Gasteiger partial charge in [0, 0.05) is 25.5 Å². The number of carboxylic acids is 1. The van der Waals surface area contributed by atoms with E-state index in [1.165, 1.54) is 7.11 Å². The molecule has 1 atom stereocenters. The maximum atomic E-state index is 12.2. The maximum Gasteiger partial charge on any atom is 0.305 e. The summed E-state index contributed by atoms with van der Waals surface area (Å²) in [5, 5.41) is 15.6. The summed E-state index contributed by atoms with van der Waals surface area (Å²) in [4.78, 5) is 27.4. The lowest BCUT2D eigenvalue weighted by molar-refractivity contribution is -0.139. The van der Waals surface area contributed by atoms with Gasteiger partial charge in [-0.1, -0.05) is 5.16 Å². The molecular formula is C18H23N3O6. The van der Waals surface area contributed by atoms with Crippen LogP contribution in [0.3, 0.4) is 0 Å². The van der Waals surface area contributed by atoms with Crippen LogP contribution in [0.4, 0.5) is 0 Å². The van der Waals surface area contributed by atoms with E-state index in [0.29, 0.717) is 11.7 Å². The molecule has 1 heterocycles. The van der Waals surface area contributed by atoms with Crippen molar-refractivity contribution >= 4 is 11.9 Å². The number of nitrogens with one attached hydrogen (secondary N) is 1. The van der Waals surface area contributed by atoms with Crippen molar-refractivity contribution in [3.05, 3.63) is 30.2 Å². The Morgan fingerprint density at radius 2 is 1.96 bits per heavy atom. The van der Waals surface area contributed by atoms with E-state index in [2.05, 4.69) is 15.5 Å². The van der Waals surface area contributed by atoms with Crippen molar-refractivity contribution in [2.75, 3.05) is 20.8 Å². The average molecular weight is 377 g/mol. The predicted molar refractivity (Wildman–Crippen MR) is 95.3 cm³/mol. The molecule has 2 N–H and O–H groups in total. The largest absolute Gasteiger partial charge is 0.497 e. The van der Waals surface area contributed by atoms with Gasteiger partial charge in [0.05, 0.1) is 25.7 Å². The Morgan fingerprint density at radius 1 is 1.26 bits per heavy atom. The fourth-order valence-corrected chi connectivity index (χ4v) is 2.62. The lowest BCUT2D eigenvalue weighted by Crippen LogP contribution is -2.50. The second-order valence-electron chi connectivity index (χ2n) is 6.35. The number of rotatable bonds is 10. The summed E-state index contributed by atoms with van der Waals surface area (Å²) < 4.78 is 15.3. The monoisotopic (exact) mass is 377 g/mol. The van der Waals surface area contributed by atoms with Gasteiger partial charge in [0.25, 0.3) is 0 Å². The summed E-state index contributed by atoms with van der Waals surface area (Å²) in [5.41, 5.74) is -0.217. The summed E-state index contributed by atoms with van der Waals surface area (Å²) >= 11 is 0. The van der Waals surface area contributed by atoms with Gasteiger partial charge in [-0.2, -0.15) is 4.98 Å². The molecule has 0 saturated heterocycles. The minimum absolute atomic E-state index is 0.0865. The molecular weight excluding hydrogens is 354 g/mol. The van der Waals surface area contributed by atoms with Crippen molar-refractivity contribution in [3.8, 4) is 17.1 Å². The highest BCUT2D eigenvalue weighted by molar-refractivity contribution is 5.78. The van der Waals surface area contributed by atoms with Crippen LogP contribution < -0.4 is 10.1 Å². The number of amides is 1. The summed E-state index contributed by atoms with van der Waals surface area (Å²) in [6.45, 7) is 1.71. The Kier molecular flexibility index (Phi) is 6.89. The van der Waals surface area contributed by atoms with Gasteiger partial charge in [0.1, 0.15) is 5.75 Å². The molecule has 2 aromatic rings. The number of benzene rings is 1. The molecule has 0 aliphatic heterocycles. The molecule has 146 valence electrons. The fraction of sp³-hybridized carbons (Fsp3) is 0.444. The average Bonchev–Trinajstić information content (AvgIpc) is 3.08. The lowest BCUT2D eigenvalue weighted by atomic mass is 9.98. The van der Waals surface area contributed by atoms with Gasteiger partial charge in [0.15, 0.2) is 0 Å². The number of ether oxygens (including phenoxy) is 2. The maximum absolute atomic E-state index is 12.2. The molecule has 1 aromatic carbocycles. The third kappa shape index (κ3) is 6.07. The van der Waals surface area contributed by atoms with E-state index in [1.54, 1.807) is 26.2 Å². The molecule has 9 nitrogen and oxygen atoms in total. The normalized spacial score (nSPS) is 13.0. The summed E-state index contributed by atoms with van der Waals surface area (Å²) in [6, 6.07) is 7.19. The zero-order chi connectivity index (χ0) is 19.9. The van der Waals surface area contributed by atoms with Crippen LogP contribution in [0.15, 0.2) is 28.8 Å². The van der Waals surface area contributed by atoms with Crippen LogP contribution in [0.25, 0.3) is 11.4 Å². The first-order valence-corrected chi connectivity index (χ1v) is 8.34. The Bertz CT molecular complexity index is 774. The number of carboxylic acid groups (broad SMARTS) is 1. The number of aryl methyl sites for hydroxylation is 1. The second-order valence-corrected chi connectivity index (χ2v) is 6.35. The van der Waals surface area contributed by atoms with Gasteiger partial charge >= 0.3 is 5.97 Å². The molecule has 0 spiro atoms. The Labute approximate surface area is 156 Å². The zero-order valence-electron chi connectivity index (χ0n) is 15.5. The minimum atomic E-state index is -1.02. The van der Waals surface area contributed by atoms with Crippen molar-refractivity contribution in [1.82, 2.24) is 15.5 Å². The molecule has 0 radical (unpaired) electrons. The van der Waals surface area contributed by atoms with Crippen LogP contribution in [0, 0.1) is 0 Å². The van der Waals surface area contributed by atoms with Crippen molar-refractivity contribution in [2.45, 2.75) is 31.7 Å². The molecule has 1 amide bonds. The van der Waals surface area contributed by atoms with E-state index in [1.807, 2.05) is 12.1 Å². The highest BCUT2D eigenvalue weighted by Gasteiger charge is 2.29. The molecule has 0 saturated carbocycles. The first kappa shape index (κ1) is 20.4. The quantitative estimate of drug-likeness (QED) is 0.641. The Morgan fingerprint density at radius 3 is 2.56 bits per heavy atom. The Balaban J connectivity index is 1.93. The number of hydrogen-bond acceptors (Lipinski definition) is 7. The number of aromatic nitrogens is 2. The summed E-state index contributed by atoms with van der Waals surface area (Å²) in [7, 11) is 3.03. The molecule has 2 rings (SSSR count). The molecule has 0 fully saturated rings. The molecule has 9 heteroatoms. The van der Waals surface area contributed by atoms with E-state index in [4.69, 9.17) is 19.1 Å². The van der Waals surface area contributed by atoms with Crippen molar-refractivity contribution in [3.63, 3.8) is 0 Å². The van der Waals surface area contributed by atoms with Gasteiger partial charge in [-0.15, -0.1) is 0 Å². The van der Waals surface area contributed by atoms with E-state index in [0.717, 1.165) is 11.3 Å². The molecule has 27 heavy (non-hydrogen) atoms. The van der Waals surface area contributed by atoms with Crippen LogP contribution in [-0.4, -0.2) is 53.5 Å². The van der Waals surface area contributed by atoms with Gasteiger partial charge in [-0.25, -0.2) is 0 Å². The van der Waals surface area contributed by atoms with Gasteiger partial charge in [0.2, 0.25) is 17.6 Å². The van der Waals surface area contributed by atoms with E-state index in [9.17, 15) is 9.59 Å². The number of hydrogen-bond donors (Lipinski definition) is 2. The lowest BCUT2D eigenvalue weighted by Gasteiger charge is -2.28. The first-order chi connectivity index (χ1) is 12.8. The molecule has 0 aliphatic carbocycles. The topological polar surface area (TPSA) is 124 Å². The highest BCUT2D eigenvalue weighted by Crippen LogP contribution is 2.20.